The Bertz CT molecular complexity index is 1270. The Kier molecular flexibility index (Phi) is 5.39. The van der Waals surface area contributed by atoms with Gasteiger partial charge in [0.15, 0.2) is 5.78 Å². The average molecular weight is 433 g/mol. The van der Waals surface area contributed by atoms with E-state index in [1.807, 2.05) is 53.2 Å². The molecule has 0 N–H and O–H groups in total. The van der Waals surface area contributed by atoms with Crippen LogP contribution in [0.15, 0.2) is 67.0 Å². The first-order valence-electron chi connectivity index (χ1n) is 10.5. The molecule has 0 saturated heterocycles. The van der Waals surface area contributed by atoms with Crippen molar-refractivity contribution in [1.29, 1.82) is 0 Å². The molecule has 0 amide bonds. The Balaban J connectivity index is 1.46. The molecule has 0 unspecified atom stereocenters. The topological polar surface area (TPSA) is 56.5 Å². The van der Waals surface area contributed by atoms with E-state index < -0.39 is 12.1 Å². The minimum absolute atomic E-state index is 0.0150. The zero-order chi connectivity index (χ0) is 22.1. The third-order valence-corrected chi connectivity index (χ3v) is 5.51. The highest BCUT2D eigenvalue weighted by Crippen LogP contribution is 2.39. The molecule has 5 rings (SSSR count). The smallest absolute Gasteiger partial charge is 0.280 e. The second-order valence-corrected chi connectivity index (χ2v) is 7.99. The highest BCUT2D eigenvalue weighted by molar-refractivity contribution is 5.96. The van der Waals surface area contributed by atoms with Crippen molar-refractivity contribution < 1.29 is 18.3 Å². The first-order chi connectivity index (χ1) is 15.6. The standard InChI is InChI=1S/C25H21F2N3O2/c26-25(27)20-8-4-7-19(28-20)22(31)11-18-13-30-14-21(17-9-10-17)29-24(30)12-23(18)32-15-16-5-2-1-3-6-16/h1-8,12-14,17,25H,9-11,15H2. The summed E-state index contributed by atoms with van der Waals surface area (Å²) in [5, 5.41) is 0. The maximum Gasteiger partial charge on any atom is 0.280 e. The van der Waals surface area contributed by atoms with Crippen LogP contribution in [-0.4, -0.2) is 20.2 Å². The lowest BCUT2D eigenvalue weighted by Gasteiger charge is -2.12. The molecule has 1 aromatic carbocycles. The third kappa shape index (κ3) is 4.37. The molecule has 162 valence electrons. The first-order valence-corrected chi connectivity index (χ1v) is 10.5. The van der Waals surface area contributed by atoms with Gasteiger partial charge in [0.2, 0.25) is 0 Å². The molecule has 1 saturated carbocycles. The van der Waals surface area contributed by atoms with Gasteiger partial charge in [0.25, 0.3) is 6.43 Å². The SMILES string of the molecule is O=C(Cc1cn2cc(C3CC3)nc2cc1OCc1ccccc1)c1cccc(C(F)F)n1. The summed E-state index contributed by atoms with van der Waals surface area (Å²) in [6, 6.07) is 15.7. The van der Waals surface area contributed by atoms with Gasteiger partial charge < -0.3 is 9.14 Å². The predicted molar refractivity (Wildman–Crippen MR) is 115 cm³/mol. The minimum Gasteiger partial charge on any atom is -0.488 e. The molecule has 4 aromatic rings. The third-order valence-electron chi connectivity index (χ3n) is 5.51. The number of Topliss-reactive ketones (excluding diaryl/α,β-unsaturated/α-hetero) is 1. The van der Waals surface area contributed by atoms with Crippen molar-refractivity contribution in [2.75, 3.05) is 0 Å². The van der Waals surface area contributed by atoms with Crippen molar-refractivity contribution in [2.45, 2.75) is 38.2 Å². The molecule has 0 radical (unpaired) electrons. The molecule has 5 nitrogen and oxygen atoms in total. The molecule has 3 heterocycles. The fraction of sp³-hybridized carbons (Fsp3) is 0.240. The molecule has 1 aliphatic carbocycles. The minimum atomic E-state index is -2.73. The summed E-state index contributed by atoms with van der Waals surface area (Å²) in [4.78, 5) is 21.4. The van der Waals surface area contributed by atoms with Crippen LogP contribution in [0, 0.1) is 0 Å². The van der Waals surface area contributed by atoms with Crippen LogP contribution in [0.5, 0.6) is 5.75 Å². The number of carbonyl (C=O) groups excluding carboxylic acids is 1. The molecule has 7 heteroatoms. The van der Waals surface area contributed by atoms with Gasteiger partial charge in [-0.05, 0) is 30.5 Å². The van der Waals surface area contributed by atoms with Crippen LogP contribution in [-0.2, 0) is 13.0 Å². The van der Waals surface area contributed by atoms with E-state index >= 15 is 0 Å². The van der Waals surface area contributed by atoms with Gasteiger partial charge in [0, 0.05) is 36.4 Å². The number of ether oxygens (including phenoxy) is 1. The first kappa shape index (κ1) is 20.3. The summed E-state index contributed by atoms with van der Waals surface area (Å²) in [5.41, 5.74) is 3.05. The van der Waals surface area contributed by atoms with Crippen LogP contribution in [0.3, 0.4) is 0 Å². The highest BCUT2D eigenvalue weighted by Gasteiger charge is 2.26. The van der Waals surface area contributed by atoms with Gasteiger partial charge in [0.1, 0.15) is 29.4 Å². The fourth-order valence-electron chi connectivity index (χ4n) is 3.65. The van der Waals surface area contributed by atoms with Crippen LogP contribution in [0.1, 0.15) is 58.2 Å². The van der Waals surface area contributed by atoms with Crippen molar-refractivity contribution in [3.63, 3.8) is 0 Å². The van der Waals surface area contributed by atoms with Crippen molar-refractivity contribution in [3.05, 3.63) is 95.2 Å². The van der Waals surface area contributed by atoms with Crippen molar-refractivity contribution in [3.8, 4) is 5.75 Å². The van der Waals surface area contributed by atoms with E-state index in [9.17, 15) is 13.6 Å². The molecular weight excluding hydrogens is 412 g/mol. The van der Waals surface area contributed by atoms with E-state index in [4.69, 9.17) is 9.72 Å². The maximum absolute atomic E-state index is 13.0. The average Bonchev–Trinajstić information content (AvgIpc) is 3.58. The summed E-state index contributed by atoms with van der Waals surface area (Å²) >= 11 is 0. The van der Waals surface area contributed by atoms with Crippen LogP contribution in [0.2, 0.25) is 0 Å². The van der Waals surface area contributed by atoms with Gasteiger partial charge in [-0.1, -0.05) is 36.4 Å². The number of carbonyl (C=O) groups is 1. The van der Waals surface area contributed by atoms with Crippen LogP contribution < -0.4 is 4.74 Å². The fourth-order valence-corrected chi connectivity index (χ4v) is 3.65. The Hall–Kier alpha value is -3.61. The largest absolute Gasteiger partial charge is 0.488 e. The molecule has 1 fully saturated rings. The molecular formula is C25H21F2N3O2. The Morgan fingerprint density at radius 2 is 1.88 bits per heavy atom. The molecule has 0 bridgehead atoms. The van der Waals surface area contributed by atoms with Crippen molar-refractivity contribution >= 4 is 11.4 Å². The zero-order valence-corrected chi connectivity index (χ0v) is 17.2. The number of ketones is 1. The van der Waals surface area contributed by atoms with Crippen molar-refractivity contribution in [2.24, 2.45) is 0 Å². The van der Waals surface area contributed by atoms with Crippen LogP contribution in [0.25, 0.3) is 5.65 Å². The van der Waals surface area contributed by atoms with Gasteiger partial charge in [0.05, 0.1) is 5.69 Å². The predicted octanol–water partition coefficient (Wildman–Crippen LogP) is 5.55. The highest BCUT2D eigenvalue weighted by atomic mass is 19.3. The number of rotatable bonds is 8. The van der Waals surface area contributed by atoms with E-state index in [0.717, 1.165) is 29.7 Å². The Morgan fingerprint density at radius 3 is 2.62 bits per heavy atom. The van der Waals surface area contributed by atoms with E-state index in [0.29, 0.717) is 23.8 Å². The van der Waals surface area contributed by atoms with E-state index in [2.05, 4.69) is 4.98 Å². The summed E-state index contributed by atoms with van der Waals surface area (Å²) in [7, 11) is 0. The monoisotopic (exact) mass is 433 g/mol. The van der Waals surface area contributed by atoms with E-state index in [-0.39, 0.29) is 17.9 Å². The van der Waals surface area contributed by atoms with Crippen molar-refractivity contribution in [1.82, 2.24) is 14.4 Å². The van der Waals surface area contributed by atoms with Gasteiger partial charge in [-0.25, -0.2) is 18.7 Å². The van der Waals surface area contributed by atoms with Gasteiger partial charge in [-0.15, -0.1) is 0 Å². The maximum atomic E-state index is 13.0. The quantitative estimate of drug-likeness (QED) is 0.342. The van der Waals surface area contributed by atoms with Gasteiger partial charge >= 0.3 is 0 Å². The number of hydrogen-bond acceptors (Lipinski definition) is 4. The number of aromatic nitrogens is 3. The number of nitrogens with zero attached hydrogens (tertiary/aromatic N) is 3. The lowest BCUT2D eigenvalue weighted by molar-refractivity contribution is 0.0984. The van der Waals surface area contributed by atoms with Gasteiger partial charge in [-0.3, -0.25) is 4.79 Å². The number of halogens is 2. The number of alkyl halides is 2. The zero-order valence-electron chi connectivity index (χ0n) is 17.2. The number of imidazole rings is 1. The lowest BCUT2D eigenvalue weighted by atomic mass is 10.1. The summed E-state index contributed by atoms with van der Waals surface area (Å²) < 4.78 is 34.0. The molecule has 32 heavy (non-hydrogen) atoms. The second-order valence-electron chi connectivity index (χ2n) is 7.99. The summed E-state index contributed by atoms with van der Waals surface area (Å²) in [6.45, 7) is 0.341. The summed E-state index contributed by atoms with van der Waals surface area (Å²) in [5.74, 6) is 0.696. The number of fused-ring (bicyclic) bond motifs is 1. The Labute approximate surface area is 183 Å². The number of pyridine rings is 2. The molecule has 0 atom stereocenters. The molecule has 1 aliphatic rings. The molecule has 3 aromatic heterocycles. The molecule has 0 spiro atoms. The van der Waals surface area contributed by atoms with E-state index in [1.54, 1.807) is 0 Å². The van der Waals surface area contributed by atoms with Crippen LogP contribution >= 0.6 is 0 Å². The lowest BCUT2D eigenvalue weighted by Crippen LogP contribution is -2.10. The Morgan fingerprint density at radius 1 is 1.06 bits per heavy atom. The normalized spacial score (nSPS) is 13.6. The van der Waals surface area contributed by atoms with E-state index in [1.165, 1.54) is 18.2 Å². The molecule has 0 aliphatic heterocycles. The van der Waals surface area contributed by atoms with Crippen LogP contribution in [0.4, 0.5) is 8.78 Å². The number of hydrogen-bond donors (Lipinski definition) is 0. The second kappa shape index (κ2) is 8.49. The van der Waals surface area contributed by atoms with Gasteiger partial charge in [-0.2, -0.15) is 0 Å². The summed E-state index contributed by atoms with van der Waals surface area (Å²) in [6.07, 6.45) is 3.35. The number of benzene rings is 1.